The van der Waals surface area contributed by atoms with Crippen LogP contribution in [-0.4, -0.2) is 37.7 Å². The van der Waals surface area contributed by atoms with Gasteiger partial charge in [-0.05, 0) is 25.8 Å². The number of rotatable bonds is 5. The van der Waals surface area contributed by atoms with E-state index >= 15 is 0 Å². The van der Waals surface area contributed by atoms with Crippen LogP contribution < -0.4 is 10.6 Å². The van der Waals surface area contributed by atoms with E-state index in [9.17, 15) is 4.79 Å². The smallest absolute Gasteiger partial charge is 0.227 e. The largest absolute Gasteiger partial charge is 0.379 e. The molecule has 0 aromatic carbocycles. The summed E-state index contributed by atoms with van der Waals surface area (Å²) in [6.07, 6.45) is 9.89. The second kappa shape index (κ2) is 8.63. The van der Waals surface area contributed by atoms with E-state index in [0.717, 1.165) is 25.8 Å². The molecule has 116 valence electrons. The van der Waals surface area contributed by atoms with E-state index in [1.54, 1.807) is 0 Å². The average molecular weight is 282 g/mol. The number of ether oxygens (including phenoxy) is 1. The molecule has 2 aliphatic rings. The summed E-state index contributed by atoms with van der Waals surface area (Å²) in [5.41, 5.74) is 0. The molecule has 0 aromatic rings. The monoisotopic (exact) mass is 282 g/mol. The van der Waals surface area contributed by atoms with Crippen molar-refractivity contribution in [2.24, 2.45) is 5.92 Å². The van der Waals surface area contributed by atoms with Crippen molar-refractivity contribution >= 4 is 5.91 Å². The molecule has 4 nitrogen and oxygen atoms in total. The lowest BCUT2D eigenvalue weighted by atomic mass is 9.95. The van der Waals surface area contributed by atoms with E-state index in [0.29, 0.717) is 19.3 Å². The van der Waals surface area contributed by atoms with Crippen molar-refractivity contribution in [3.8, 4) is 0 Å². The fourth-order valence-corrected chi connectivity index (χ4v) is 3.25. The van der Waals surface area contributed by atoms with Crippen molar-refractivity contribution in [2.75, 3.05) is 19.8 Å². The van der Waals surface area contributed by atoms with Crippen LogP contribution in [0.25, 0.3) is 0 Å². The first-order valence-corrected chi connectivity index (χ1v) is 8.42. The van der Waals surface area contributed by atoms with E-state index in [2.05, 4.69) is 17.6 Å². The second-order valence-corrected chi connectivity index (χ2v) is 6.26. The highest BCUT2D eigenvalue weighted by molar-refractivity contribution is 5.80. The molecule has 1 saturated heterocycles. The van der Waals surface area contributed by atoms with Crippen molar-refractivity contribution in [1.82, 2.24) is 10.6 Å². The lowest BCUT2D eigenvalue weighted by Gasteiger charge is -2.24. The minimum atomic E-state index is -0.00742. The maximum atomic E-state index is 12.5. The molecule has 1 aliphatic heterocycles. The Kier molecular flexibility index (Phi) is 6.80. The van der Waals surface area contributed by atoms with Crippen LogP contribution in [0, 0.1) is 5.92 Å². The first kappa shape index (κ1) is 15.8. The van der Waals surface area contributed by atoms with Gasteiger partial charge in [-0.1, -0.05) is 39.0 Å². The van der Waals surface area contributed by atoms with Crippen LogP contribution in [0.3, 0.4) is 0 Å². The van der Waals surface area contributed by atoms with Crippen LogP contribution in [-0.2, 0) is 9.53 Å². The van der Waals surface area contributed by atoms with Gasteiger partial charge in [-0.25, -0.2) is 0 Å². The van der Waals surface area contributed by atoms with Crippen LogP contribution in [0.4, 0.5) is 0 Å². The molecule has 2 N–H and O–H groups in total. The Labute approximate surface area is 123 Å². The molecule has 2 rings (SSSR count). The molecule has 0 spiro atoms. The fourth-order valence-electron chi connectivity index (χ4n) is 3.25. The van der Waals surface area contributed by atoms with Crippen LogP contribution in [0.5, 0.6) is 0 Å². The zero-order valence-corrected chi connectivity index (χ0v) is 12.8. The fraction of sp³-hybridized carbons (Fsp3) is 0.938. The third kappa shape index (κ3) is 4.74. The zero-order valence-electron chi connectivity index (χ0n) is 12.8. The van der Waals surface area contributed by atoms with Crippen LogP contribution in [0.15, 0.2) is 0 Å². The zero-order chi connectivity index (χ0) is 14.2. The number of carbonyl (C=O) groups excluding carboxylic acids is 1. The molecule has 0 aromatic heterocycles. The minimum Gasteiger partial charge on any atom is -0.379 e. The lowest BCUT2D eigenvalue weighted by molar-refractivity contribution is -0.126. The second-order valence-electron chi connectivity index (χ2n) is 6.26. The molecule has 0 bridgehead atoms. The Hall–Kier alpha value is -0.610. The number of amides is 1. The highest BCUT2D eigenvalue weighted by Gasteiger charge is 2.34. The van der Waals surface area contributed by atoms with Gasteiger partial charge < -0.3 is 15.4 Å². The van der Waals surface area contributed by atoms with E-state index < -0.39 is 0 Å². The van der Waals surface area contributed by atoms with Crippen molar-refractivity contribution in [2.45, 2.75) is 70.4 Å². The molecule has 1 amide bonds. The van der Waals surface area contributed by atoms with E-state index in [-0.39, 0.29) is 17.9 Å². The minimum absolute atomic E-state index is 0.00742. The van der Waals surface area contributed by atoms with Crippen molar-refractivity contribution in [3.05, 3.63) is 0 Å². The topological polar surface area (TPSA) is 50.4 Å². The molecule has 2 atom stereocenters. The average Bonchev–Trinajstić information content (AvgIpc) is 2.87. The highest BCUT2D eigenvalue weighted by atomic mass is 16.5. The Morgan fingerprint density at radius 1 is 1.10 bits per heavy atom. The Morgan fingerprint density at radius 2 is 1.80 bits per heavy atom. The van der Waals surface area contributed by atoms with Gasteiger partial charge in [0.15, 0.2) is 0 Å². The molecule has 1 heterocycles. The summed E-state index contributed by atoms with van der Waals surface area (Å²) < 4.78 is 5.50. The van der Waals surface area contributed by atoms with Gasteiger partial charge in [0.2, 0.25) is 5.91 Å². The molecule has 0 radical (unpaired) electrons. The number of nitrogens with one attached hydrogen (secondary N) is 2. The Bertz CT molecular complexity index is 288. The third-order valence-electron chi connectivity index (χ3n) is 4.53. The van der Waals surface area contributed by atoms with E-state index in [1.165, 1.54) is 32.1 Å². The van der Waals surface area contributed by atoms with Gasteiger partial charge in [0.1, 0.15) is 0 Å². The molecule has 4 heteroatoms. The summed E-state index contributed by atoms with van der Waals surface area (Å²) in [4.78, 5) is 12.5. The molecule has 1 saturated carbocycles. The molecular formula is C16H30N2O2. The maximum absolute atomic E-state index is 12.5. The van der Waals surface area contributed by atoms with Gasteiger partial charge in [-0.15, -0.1) is 0 Å². The van der Waals surface area contributed by atoms with Crippen molar-refractivity contribution < 1.29 is 9.53 Å². The van der Waals surface area contributed by atoms with Crippen molar-refractivity contribution in [3.63, 3.8) is 0 Å². The summed E-state index contributed by atoms with van der Waals surface area (Å²) >= 11 is 0. The predicted molar refractivity (Wildman–Crippen MR) is 80.6 cm³/mol. The van der Waals surface area contributed by atoms with Gasteiger partial charge in [0.25, 0.3) is 0 Å². The molecule has 20 heavy (non-hydrogen) atoms. The van der Waals surface area contributed by atoms with Crippen LogP contribution >= 0.6 is 0 Å². The summed E-state index contributed by atoms with van der Waals surface area (Å²) in [6, 6.07) is 0.582. The third-order valence-corrected chi connectivity index (χ3v) is 4.53. The SMILES string of the molecule is CCCNC1COCC1C(=O)NC1CCCCCCC1. The predicted octanol–water partition coefficient (Wildman–Crippen LogP) is 2.23. The summed E-state index contributed by atoms with van der Waals surface area (Å²) in [5.74, 6) is 0.189. The number of carbonyl (C=O) groups is 1. The standard InChI is InChI=1S/C16H30N2O2/c1-2-10-17-15-12-20-11-14(15)16(19)18-13-8-6-4-3-5-7-9-13/h13-15,17H,2-12H2,1H3,(H,18,19). The van der Waals surface area contributed by atoms with Gasteiger partial charge in [0, 0.05) is 12.1 Å². The van der Waals surface area contributed by atoms with Crippen LogP contribution in [0.2, 0.25) is 0 Å². The van der Waals surface area contributed by atoms with Gasteiger partial charge in [-0.3, -0.25) is 4.79 Å². The first-order chi connectivity index (χ1) is 9.81. The summed E-state index contributed by atoms with van der Waals surface area (Å²) in [7, 11) is 0. The lowest BCUT2D eigenvalue weighted by Crippen LogP contribution is -2.47. The molecule has 2 fully saturated rings. The van der Waals surface area contributed by atoms with E-state index in [4.69, 9.17) is 4.74 Å². The molecular weight excluding hydrogens is 252 g/mol. The normalized spacial score (nSPS) is 28.9. The number of hydrogen-bond donors (Lipinski definition) is 2. The van der Waals surface area contributed by atoms with E-state index in [1.807, 2.05) is 0 Å². The number of hydrogen-bond acceptors (Lipinski definition) is 3. The summed E-state index contributed by atoms with van der Waals surface area (Å²) in [5, 5.41) is 6.71. The maximum Gasteiger partial charge on any atom is 0.227 e. The van der Waals surface area contributed by atoms with Gasteiger partial charge >= 0.3 is 0 Å². The quantitative estimate of drug-likeness (QED) is 0.813. The van der Waals surface area contributed by atoms with Crippen LogP contribution in [0.1, 0.15) is 58.3 Å². The van der Waals surface area contributed by atoms with Crippen molar-refractivity contribution in [1.29, 1.82) is 0 Å². The van der Waals surface area contributed by atoms with Gasteiger partial charge in [0.05, 0.1) is 19.1 Å². The Morgan fingerprint density at radius 3 is 2.50 bits per heavy atom. The molecule has 1 aliphatic carbocycles. The highest BCUT2D eigenvalue weighted by Crippen LogP contribution is 2.19. The molecule has 2 unspecified atom stereocenters. The first-order valence-electron chi connectivity index (χ1n) is 8.42. The van der Waals surface area contributed by atoms with Gasteiger partial charge in [-0.2, -0.15) is 0 Å². The Balaban J connectivity index is 1.79. The summed E-state index contributed by atoms with van der Waals surface area (Å²) in [6.45, 7) is 4.34.